The summed E-state index contributed by atoms with van der Waals surface area (Å²) in [5.41, 5.74) is 1.49. The largest absolute Gasteiger partial charge is 0.497 e. The summed E-state index contributed by atoms with van der Waals surface area (Å²) >= 11 is 0. The number of pyridine rings is 1. The van der Waals surface area contributed by atoms with Crippen LogP contribution in [0.5, 0.6) is 5.75 Å². The van der Waals surface area contributed by atoms with Gasteiger partial charge in [0.2, 0.25) is 0 Å². The molecular weight excluding hydrogens is 334 g/mol. The molecule has 1 fully saturated rings. The van der Waals surface area contributed by atoms with E-state index in [1.807, 2.05) is 24.3 Å². The minimum Gasteiger partial charge on any atom is -0.497 e. The lowest BCUT2D eigenvalue weighted by Crippen LogP contribution is -2.49. The smallest absolute Gasteiger partial charge is 0.356 e. The molecule has 1 aromatic heterocycles. The summed E-state index contributed by atoms with van der Waals surface area (Å²) in [6.07, 6.45) is 0. The number of carbonyl (C=O) groups is 2. The van der Waals surface area contributed by atoms with Crippen LogP contribution >= 0.6 is 0 Å². The van der Waals surface area contributed by atoms with Crippen LogP contribution in [-0.4, -0.2) is 62.2 Å². The average Bonchev–Trinajstić information content (AvgIpc) is 2.73. The van der Waals surface area contributed by atoms with E-state index in [0.717, 1.165) is 24.5 Å². The second kappa shape index (κ2) is 7.86. The molecule has 0 unspecified atom stereocenters. The summed E-state index contributed by atoms with van der Waals surface area (Å²) < 4.78 is 9.83. The monoisotopic (exact) mass is 355 g/mol. The molecule has 7 nitrogen and oxygen atoms in total. The molecule has 1 aromatic carbocycles. The molecule has 1 aliphatic heterocycles. The highest BCUT2D eigenvalue weighted by Crippen LogP contribution is 2.21. The van der Waals surface area contributed by atoms with Crippen LogP contribution in [-0.2, 0) is 4.74 Å². The van der Waals surface area contributed by atoms with Crippen LogP contribution < -0.4 is 9.64 Å². The van der Waals surface area contributed by atoms with Crippen LogP contribution in [0.25, 0.3) is 0 Å². The van der Waals surface area contributed by atoms with E-state index in [1.165, 1.54) is 13.2 Å². The molecule has 1 aliphatic rings. The number of aromatic nitrogens is 1. The lowest BCUT2D eigenvalue weighted by atomic mass is 10.2. The summed E-state index contributed by atoms with van der Waals surface area (Å²) in [5, 5.41) is 0. The molecule has 7 heteroatoms. The number of nitrogens with zero attached hydrogens (tertiary/aromatic N) is 3. The first kappa shape index (κ1) is 17.7. The van der Waals surface area contributed by atoms with Gasteiger partial charge in [-0.1, -0.05) is 6.07 Å². The van der Waals surface area contributed by atoms with Gasteiger partial charge in [-0.15, -0.1) is 0 Å². The Morgan fingerprint density at radius 2 is 1.58 bits per heavy atom. The van der Waals surface area contributed by atoms with E-state index >= 15 is 0 Å². The Kier molecular flexibility index (Phi) is 5.36. The van der Waals surface area contributed by atoms with Gasteiger partial charge in [0.05, 0.1) is 14.2 Å². The summed E-state index contributed by atoms with van der Waals surface area (Å²) in [7, 11) is 2.93. The Bertz CT molecular complexity index is 784. The molecule has 1 amide bonds. The van der Waals surface area contributed by atoms with Gasteiger partial charge in [-0.2, -0.15) is 0 Å². The maximum Gasteiger partial charge on any atom is 0.356 e. The highest BCUT2D eigenvalue weighted by Gasteiger charge is 2.24. The van der Waals surface area contributed by atoms with Gasteiger partial charge in [-0.25, -0.2) is 9.78 Å². The van der Waals surface area contributed by atoms with E-state index in [2.05, 4.69) is 14.6 Å². The van der Waals surface area contributed by atoms with Gasteiger partial charge in [0.1, 0.15) is 17.1 Å². The van der Waals surface area contributed by atoms with Crippen molar-refractivity contribution >= 4 is 17.6 Å². The fourth-order valence-corrected chi connectivity index (χ4v) is 2.89. The van der Waals surface area contributed by atoms with E-state index in [1.54, 1.807) is 24.1 Å². The van der Waals surface area contributed by atoms with Crippen LogP contribution in [0.2, 0.25) is 0 Å². The first-order valence-electron chi connectivity index (χ1n) is 8.36. The third-order valence-electron chi connectivity index (χ3n) is 4.37. The molecule has 2 heterocycles. The minimum atomic E-state index is -0.552. The maximum absolute atomic E-state index is 12.7. The number of amides is 1. The van der Waals surface area contributed by atoms with E-state index in [0.29, 0.717) is 13.1 Å². The van der Waals surface area contributed by atoms with Crippen molar-refractivity contribution in [1.82, 2.24) is 9.88 Å². The topological polar surface area (TPSA) is 72.0 Å². The predicted octanol–water partition coefficient (Wildman–Crippen LogP) is 1.84. The summed E-state index contributed by atoms with van der Waals surface area (Å²) in [5.74, 6) is 0.0910. The van der Waals surface area contributed by atoms with Crippen molar-refractivity contribution in [3.05, 3.63) is 53.9 Å². The number of anilines is 1. The zero-order chi connectivity index (χ0) is 18.5. The van der Waals surface area contributed by atoms with E-state index in [9.17, 15) is 9.59 Å². The van der Waals surface area contributed by atoms with Gasteiger partial charge in [0.25, 0.3) is 5.91 Å². The van der Waals surface area contributed by atoms with Crippen LogP contribution in [0.3, 0.4) is 0 Å². The summed E-state index contributed by atoms with van der Waals surface area (Å²) in [6, 6.07) is 12.7. The Balaban J connectivity index is 1.64. The lowest BCUT2D eigenvalue weighted by molar-refractivity contribution is 0.0593. The maximum atomic E-state index is 12.7. The van der Waals surface area contributed by atoms with Gasteiger partial charge in [-0.05, 0) is 36.4 Å². The molecule has 0 N–H and O–H groups in total. The predicted molar refractivity (Wildman–Crippen MR) is 96.7 cm³/mol. The summed E-state index contributed by atoms with van der Waals surface area (Å²) in [4.78, 5) is 32.3. The second-order valence-corrected chi connectivity index (χ2v) is 5.88. The fraction of sp³-hybridized carbons (Fsp3) is 0.316. The molecule has 1 saturated heterocycles. The van der Waals surface area contributed by atoms with Crippen molar-refractivity contribution in [2.45, 2.75) is 0 Å². The van der Waals surface area contributed by atoms with Gasteiger partial charge in [0, 0.05) is 31.9 Å². The molecule has 2 aromatic rings. The normalized spacial score (nSPS) is 14.1. The van der Waals surface area contributed by atoms with Crippen LogP contribution in [0, 0.1) is 0 Å². The van der Waals surface area contributed by atoms with Crippen molar-refractivity contribution in [1.29, 1.82) is 0 Å². The molecule has 0 atom stereocenters. The first-order valence-corrected chi connectivity index (χ1v) is 8.36. The van der Waals surface area contributed by atoms with Crippen LogP contribution in [0.15, 0.2) is 42.5 Å². The number of benzene rings is 1. The molecule has 0 radical (unpaired) electrons. The molecular formula is C19H21N3O4. The number of ether oxygens (including phenoxy) is 2. The third kappa shape index (κ3) is 3.77. The zero-order valence-electron chi connectivity index (χ0n) is 14.8. The minimum absolute atomic E-state index is 0.134. The van der Waals surface area contributed by atoms with Gasteiger partial charge in [-0.3, -0.25) is 4.79 Å². The fourth-order valence-electron chi connectivity index (χ4n) is 2.89. The first-order chi connectivity index (χ1) is 12.6. The number of methoxy groups -OCH3 is 2. The number of hydrogen-bond acceptors (Lipinski definition) is 6. The number of esters is 1. The van der Waals surface area contributed by atoms with E-state index in [4.69, 9.17) is 4.74 Å². The van der Waals surface area contributed by atoms with Crippen molar-refractivity contribution in [2.24, 2.45) is 0 Å². The Hall–Kier alpha value is -3.09. The quantitative estimate of drug-likeness (QED) is 0.780. The van der Waals surface area contributed by atoms with E-state index < -0.39 is 5.97 Å². The zero-order valence-corrected chi connectivity index (χ0v) is 14.8. The Morgan fingerprint density at radius 3 is 2.19 bits per heavy atom. The number of rotatable bonds is 4. The Labute approximate surface area is 152 Å². The van der Waals surface area contributed by atoms with Crippen LogP contribution in [0.1, 0.15) is 21.0 Å². The van der Waals surface area contributed by atoms with Gasteiger partial charge >= 0.3 is 5.97 Å². The third-order valence-corrected chi connectivity index (χ3v) is 4.37. The standard InChI is InChI=1S/C19H21N3O4/c1-25-15-8-6-14(7-9-15)21-10-12-22(13-11-21)18(23)16-4-3-5-17(20-16)19(24)26-2/h3-9H,10-13H2,1-2H3. The number of piperazine rings is 1. The molecule has 0 spiro atoms. The highest BCUT2D eigenvalue weighted by atomic mass is 16.5. The van der Waals surface area contributed by atoms with Crippen molar-refractivity contribution in [3.8, 4) is 5.75 Å². The van der Waals surface area contributed by atoms with E-state index in [-0.39, 0.29) is 17.3 Å². The molecule has 3 rings (SSSR count). The second-order valence-electron chi connectivity index (χ2n) is 5.88. The molecule has 136 valence electrons. The SMILES string of the molecule is COC(=O)c1cccc(C(=O)N2CCN(c3ccc(OC)cc3)CC2)n1. The van der Waals surface area contributed by atoms with Crippen molar-refractivity contribution < 1.29 is 19.1 Å². The summed E-state index contributed by atoms with van der Waals surface area (Å²) in [6.45, 7) is 2.65. The Morgan fingerprint density at radius 1 is 0.923 bits per heavy atom. The number of carbonyl (C=O) groups excluding carboxylic acids is 2. The average molecular weight is 355 g/mol. The lowest BCUT2D eigenvalue weighted by Gasteiger charge is -2.36. The molecule has 0 bridgehead atoms. The van der Waals surface area contributed by atoms with Gasteiger partial charge in [0.15, 0.2) is 0 Å². The molecule has 0 aliphatic carbocycles. The van der Waals surface area contributed by atoms with Crippen molar-refractivity contribution in [3.63, 3.8) is 0 Å². The van der Waals surface area contributed by atoms with Crippen LogP contribution in [0.4, 0.5) is 5.69 Å². The van der Waals surface area contributed by atoms with Gasteiger partial charge < -0.3 is 19.3 Å². The molecule has 26 heavy (non-hydrogen) atoms. The number of hydrogen-bond donors (Lipinski definition) is 0. The van der Waals surface area contributed by atoms with Crippen molar-refractivity contribution in [2.75, 3.05) is 45.3 Å². The molecule has 0 saturated carbocycles. The highest BCUT2D eigenvalue weighted by molar-refractivity contribution is 5.94.